The number of pyridine rings is 1. The molecule has 0 spiro atoms. The number of carbonyl (C=O) groups excluding carboxylic acids is 1. The average molecular weight is 316 g/mol. The van der Waals surface area contributed by atoms with Crippen LogP contribution in [0.25, 0.3) is 0 Å². The van der Waals surface area contributed by atoms with Crippen LogP contribution in [-0.4, -0.2) is 22.9 Å². The molecule has 1 atom stereocenters. The smallest absolute Gasteiger partial charge is 0.254 e. The van der Waals surface area contributed by atoms with Crippen LogP contribution in [-0.2, 0) is 0 Å². The van der Waals surface area contributed by atoms with Crippen molar-refractivity contribution in [2.24, 2.45) is 0 Å². The Bertz CT molecular complexity index is 660. The molecule has 0 saturated heterocycles. The fraction of sp³-hybridized carbons (Fsp3) is 0.250. The Kier molecular flexibility index (Phi) is 4.51. The van der Waals surface area contributed by atoms with Crippen molar-refractivity contribution in [1.82, 2.24) is 10.3 Å². The van der Waals surface area contributed by atoms with Gasteiger partial charge in [0.2, 0.25) is 0 Å². The van der Waals surface area contributed by atoms with Crippen LogP contribution >= 0.6 is 23.5 Å². The Morgan fingerprint density at radius 3 is 3.05 bits per heavy atom. The number of carbonyl (C=O) groups is 1. The summed E-state index contributed by atoms with van der Waals surface area (Å²) >= 11 is 3.35. The van der Waals surface area contributed by atoms with Crippen LogP contribution in [0.2, 0.25) is 0 Å². The fourth-order valence-corrected chi connectivity index (χ4v) is 4.13. The molecule has 0 unspecified atom stereocenters. The van der Waals surface area contributed by atoms with Crippen LogP contribution in [0, 0.1) is 0 Å². The minimum atomic E-state index is -0.0425. The highest BCUT2D eigenvalue weighted by molar-refractivity contribution is 7.99. The van der Waals surface area contributed by atoms with Gasteiger partial charge in [-0.05, 0) is 36.4 Å². The zero-order valence-electron chi connectivity index (χ0n) is 11.7. The SMILES string of the molecule is CSc1ncccc1C(=O)N[C@H]1CCSc2ccccc21. The number of aromatic nitrogens is 1. The molecule has 2 heterocycles. The summed E-state index contributed by atoms with van der Waals surface area (Å²) in [5.41, 5.74) is 1.87. The van der Waals surface area contributed by atoms with Crippen LogP contribution in [0.1, 0.15) is 28.4 Å². The van der Waals surface area contributed by atoms with Gasteiger partial charge in [-0.1, -0.05) is 18.2 Å². The maximum Gasteiger partial charge on any atom is 0.254 e. The van der Waals surface area contributed by atoms with Gasteiger partial charge < -0.3 is 5.32 Å². The first-order chi connectivity index (χ1) is 10.3. The first-order valence-corrected chi connectivity index (χ1v) is 9.02. The lowest BCUT2D eigenvalue weighted by Crippen LogP contribution is -2.31. The second kappa shape index (κ2) is 6.54. The molecule has 108 valence electrons. The maximum absolute atomic E-state index is 12.5. The number of hydrogen-bond acceptors (Lipinski definition) is 4. The standard InChI is InChI=1S/C16H16N2OS2/c1-20-16-12(6-4-9-17-16)15(19)18-13-8-10-21-14-7-3-2-5-11(13)14/h2-7,9,13H,8,10H2,1H3,(H,18,19)/t13-/m0/s1. The number of benzene rings is 1. The minimum absolute atomic E-state index is 0.0425. The zero-order valence-corrected chi connectivity index (χ0v) is 13.3. The summed E-state index contributed by atoms with van der Waals surface area (Å²) in [5.74, 6) is 0.990. The molecule has 1 aromatic heterocycles. The van der Waals surface area contributed by atoms with Gasteiger partial charge >= 0.3 is 0 Å². The summed E-state index contributed by atoms with van der Waals surface area (Å²) in [4.78, 5) is 18.1. The molecule has 3 rings (SSSR count). The lowest BCUT2D eigenvalue weighted by atomic mass is 10.0. The second-order valence-corrected chi connectivity index (χ2v) is 6.69. The molecule has 0 radical (unpaired) electrons. The van der Waals surface area contributed by atoms with E-state index in [9.17, 15) is 4.79 Å². The van der Waals surface area contributed by atoms with E-state index in [0.29, 0.717) is 5.56 Å². The van der Waals surface area contributed by atoms with E-state index in [1.54, 1.807) is 12.3 Å². The van der Waals surface area contributed by atoms with Gasteiger partial charge in [-0.3, -0.25) is 4.79 Å². The van der Waals surface area contributed by atoms with Gasteiger partial charge in [-0.25, -0.2) is 4.98 Å². The molecule has 21 heavy (non-hydrogen) atoms. The number of fused-ring (bicyclic) bond motifs is 1. The minimum Gasteiger partial charge on any atom is -0.345 e. The monoisotopic (exact) mass is 316 g/mol. The molecule has 0 aliphatic carbocycles. The third-order valence-corrected chi connectivity index (χ3v) is 5.31. The van der Waals surface area contributed by atoms with Gasteiger partial charge in [-0.2, -0.15) is 0 Å². The number of amides is 1. The van der Waals surface area contributed by atoms with Crippen LogP contribution in [0.4, 0.5) is 0 Å². The van der Waals surface area contributed by atoms with E-state index in [-0.39, 0.29) is 11.9 Å². The topological polar surface area (TPSA) is 42.0 Å². The van der Waals surface area contributed by atoms with Crippen molar-refractivity contribution in [2.75, 3.05) is 12.0 Å². The molecule has 1 amide bonds. The molecular formula is C16H16N2OS2. The van der Waals surface area contributed by atoms with Gasteiger partial charge in [0.1, 0.15) is 5.03 Å². The summed E-state index contributed by atoms with van der Waals surface area (Å²) < 4.78 is 0. The Balaban J connectivity index is 1.83. The van der Waals surface area contributed by atoms with Gasteiger partial charge in [0, 0.05) is 16.8 Å². The van der Waals surface area contributed by atoms with Crippen LogP contribution in [0.5, 0.6) is 0 Å². The van der Waals surface area contributed by atoms with Crippen molar-refractivity contribution < 1.29 is 4.79 Å². The summed E-state index contributed by atoms with van der Waals surface area (Å²) in [6.45, 7) is 0. The fourth-order valence-electron chi connectivity index (χ4n) is 2.45. The molecule has 1 aliphatic rings. The van der Waals surface area contributed by atoms with E-state index in [0.717, 1.165) is 17.2 Å². The van der Waals surface area contributed by atoms with E-state index in [4.69, 9.17) is 0 Å². The Labute approximate surface area is 132 Å². The number of thioether (sulfide) groups is 2. The van der Waals surface area contributed by atoms with E-state index in [1.165, 1.54) is 22.2 Å². The largest absolute Gasteiger partial charge is 0.345 e. The zero-order chi connectivity index (χ0) is 14.7. The number of hydrogen-bond donors (Lipinski definition) is 1. The van der Waals surface area contributed by atoms with Gasteiger partial charge in [-0.15, -0.1) is 23.5 Å². The van der Waals surface area contributed by atoms with Crippen molar-refractivity contribution in [3.63, 3.8) is 0 Å². The predicted molar refractivity (Wildman–Crippen MR) is 88.0 cm³/mol. The molecule has 2 aromatic rings. The normalized spacial score (nSPS) is 17.1. The van der Waals surface area contributed by atoms with Crippen LogP contribution < -0.4 is 5.32 Å². The van der Waals surface area contributed by atoms with E-state index < -0.39 is 0 Å². The Morgan fingerprint density at radius 2 is 2.19 bits per heavy atom. The molecule has 1 aliphatic heterocycles. The molecular weight excluding hydrogens is 300 g/mol. The summed E-state index contributed by atoms with van der Waals surface area (Å²) in [5, 5.41) is 3.93. The molecule has 0 saturated carbocycles. The van der Waals surface area contributed by atoms with E-state index >= 15 is 0 Å². The number of rotatable bonds is 3. The summed E-state index contributed by atoms with van der Waals surface area (Å²) in [7, 11) is 0. The first-order valence-electron chi connectivity index (χ1n) is 6.81. The molecule has 3 nitrogen and oxygen atoms in total. The third-order valence-electron chi connectivity index (χ3n) is 3.47. The van der Waals surface area contributed by atoms with Crippen molar-refractivity contribution in [3.8, 4) is 0 Å². The second-order valence-electron chi connectivity index (χ2n) is 4.76. The molecule has 1 aromatic carbocycles. The van der Waals surface area contributed by atoms with E-state index in [1.807, 2.05) is 36.2 Å². The first kappa shape index (κ1) is 14.5. The quantitative estimate of drug-likeness (QED) is 0.875. The molecule has 0 bridgehead atoms. The predicted octanol–water partition coefficient (Wildman–Crippen LogP) is 3.77. The Hall–Kier alpha value is -1.46. The average Bonchev–Trinajstić information content (AvgIpc) is 2.55. The van der Waals surface area contributed by atoms with E-state index in [2.05, 4.69) is 22.4 Å². The van der Waals surface area contributed by atoms with Crippen molar-refractivity contribution >= 4 is 29.4 Å². The van der Waals surface area contributed by atoms with Crippen molar-refractivity contribution in [1.29, 1.82) is 0 Å². The van der Waals surface area contributed by atoms with Crippen molar-refractivity contribution in [3.05, 3.63) is 53.7 Å². The van der Waals surface area contributed by atoms with Crippen LogP contribution in [0.15, 0.2) is 52.5 Å². The highest BCUT2D eigenvalue weighted by atomic mass is 32.2. The lowest BCUT2D eigenvalue weighted by molar-refractivity contribution is 0.0931. The molecule has 5 heteroatoms. The Morgan fingerprint density at radius 1 is 1.33 bits per heavy atom. The third kappa shape index (κ3) is 3.09. The van der Waals surface area contributed by atoms with Gasteiger partial charge in [0.25, 0.3) is 5.91 Å². The van der Waals surface area contributed by atoms with Crippen molar-refractivity contribution in [2.45, 2.75) is 22.4 Å². The summed E-state index contributed by atoms with van der Waals surface area (Å²) in [6.07, 6.45) is 4.61. The van der Waals surface area contributed by atoms with Gasteiger partial charge in [0.15, 0.2) is 0 Å². The lowest BCUT2D eigenvalue weighted by Gasteiger charge is -2.26. The summed E-state index contributed by atoms with van der Waals surface area (Å²) in [6, 6.07) is 12.0. The number of nitrogens with one attached hydrogen (secondary N) is 1. The molecule has 1 N–H and O–H groups in total. The maximum atomic E-state index is 12.5. The van der Waals surface area contributed by atoms with Gasteiger partial charge in [0.05, 0.1) is 11.6 Å². The highest BCUT2D eigenvalue weighted by Gasteiger charge is 2.23. The molecule has 0 fully saturated rings. The number of nitrogens with zero attached hydrogens (tertiary/aromatic N) is 1. The highest BCUT2D eigenvalue weighted by Crippen LogP contribution is 2.36. The van der Waals surface area contributed by atoms with Crippen LogP contribution in [0.3, 0.4) is 0 Å².